The number of piperidine rings is 1. The Morgan fingerprint density at radius 2 is 2.21 bits per heavy atom. The smallest absolute Gasteiger partial charge is 0.252 e. The van der Waals surface area contributed by atoms with E-state index in [0.29, 0.717) is 17.8 Å². The second kappa shape index (κ2) is 8.30. The van der Waals surface area contributed by atoms with E-state index < -0.39 is 11.6 Å². The molecule has 8 nitrogen and oxygen atoms in total. The monoisotopic (exact) mass is 392 g/mol. The molecule has 1 saturated heterocycles. The third-order valence-corrected chi connectivity index (χ3v) is 5.09. The van der Waals surface area contributed by atoms with Crippen molar-refractivity contribution in [3.05, 3.63) is 17.3 Å². The number of fused-ring (bicyclic) bond motifs is 1. The maximum absolute atomic E-state index is 13.7. The van der Waals surface area contributed by atoms with Gasteiger partial charge in [0.2, 0.25) is 5.91 Å². The fourth-order valence-corrected chi connectivity index (χ4v) is 3.63. The Labute approximate surface area is 164 Å². The molecule has 1 aromatic heterocycles. The lowest BCUT2D eigenvalue weighted by atomic mass is 9.97. The van der Waals surface area contributed by atoms with E-state index in [1.165, 1.54) is 20.0 Å². The van der Waals surface area contributed by atoms with Crippen molar-refractivity contribution in [3.8, 4) is 0 Å². The zero-order valence-electron chi connectivity index (χ0n) is 16.5. The summed E-state index contributed by atoms with van der Waals surface area (Å²) in [6.45, 7) is 4.92. The summed E-state index contributed by atoms with van der Waals surface area (Å²) < 4.78 is 13.7. The SMILES string of the molecule is CC(C)(F)CNC(=O)[C@@H]1CCCN(Nc2c(C(N)=O)cnc3c2CCCN3)C1. The molecule has 3 rings (SSSR count). The van der Waals surface area contributed by atoms with Gasteiger partial charge in [-0.15, -0.1) is 0 Å². The molecule has 0 aromatic carbocycles. The normalized spacial score (nSPS) is 20.0. The van der Waals surface area contributed by atoms with Crippen LogP contribution < -0.4 is 21.8 Å². The number of anilines is 2. The number of primary amides is 1. The average molecular weight is 392 g/mol. The molecule has 2 aliphatic heterocycles. The Hall–Kier alpha value is -2.42. The van der Waals surface area contributed by atoms with Crippen molar-refractivity contribution < 1.29 is 14.0 Å². The lowest BCUT2D eigenvalue weighted by molar-refractivity contribution is -0.127. The van der Waals surface area contributed by atoms with Gasteiger partial charge in [-0.1, -0.05) is 0 Å². The summed E-state index contributed by atoms with van der Waals surface area (Å²) in [6.07, 6.45) is 4.79. The molecule has 2 amide bonds. The first-order chi connectivity index (χ1) is 13.2. The van der Waals surface area contributed by atoms with E-state index in [1.807, 2.05) is 5.01 Å². The van der Waals surface area contributed by atoms with Gasteiger partial charge in [-0.2, -0.15) is 0 Å². The fraction of sp³-hybridized carbons (Fsp3) is 0.632. The number of hydrazine groups is 1. The van der Waals surface area contributed by atoms with Gasteiger partial charge in [0.05, 0.1) is 23.7 Å². The van der Waals surface area contributed by atoms with E-state index in [4.69, 9.17) is 5.73 Å². The quantitative estimate of drug-likeness (QED) is 0.583. The first-order valence-corrected chi connectivity index (χ1v) is 9.78. The number of aromatic nitrogens is 1. The van der Waals surface area contributed by atoms with Gasteiger partial charge >= 0.3 is 0 Å². The minimum absolute atomic E-state index is 0.00881. The molecule has 1 fully saturated rings. The van der Waals surface area contributed by atoms with E-state index in [0.717, 1.165) is 50.2 Å². The highest BCUT2D eigenvalue weighted by molar-refractivity contribution is 5.99. The summed E-state index contributed by atoms with van der Waals surface area (Å²) in [4.78, 5) is 28.6. The van der Waals surface area contributed by atoms with Crippen molar-refractivity contribution in [1.29, 1.82) is 0 Å². The summed E-state index contributed by atoms with van der Waals surface area (Å²) in [5.41, 5.74) is 9.36. The second-order valence-electron chi connectivity index (χ2n) is 8.10. The molecule has 0 saturated carbocycles. The Kier molecular flexibility index (Phi) is 6.02. The van der Waals surface area contributed by atoms with Crippen molar-refractivity contribution in [2.75, 3.05) is 36.9 Å². The lowest BCUT2D eigenvalue weighted by Crippen LogP contribution is -2.47. The van der Waals surface area contributed by atoms with Gasteiger partial charge in [-0.25, -0.2) is 14.4 Å². The Bertz CT molecular complexity index is 749. The zero-order chi connectivity index (χ0) is 20.3. The molecular formula is C19H29FN6O2. The molecule has 0 aliphatic carbocycles. The van der Waals surface area contributed by atoms with Crippen LogP contribution in [-0.2, 0) is 11.2 Å². The highest BCUT2D eigenvalue weighted by Crippen LogP contribution is 2.31. The number of hydrogen-bond acceptors (Lipinski definition) is 6. The first kappa shape index (κ1) is 20.3. The Balaban J connectivity index is 1.73. The summed E-state index contributed by atoms with van der Waals surface area (Å²) in [6, 6.07) is 0. The Morgan fingerprint density at radius 1 is 1.43 bits per heavy atom. The van der Waals surface area contributed by atoms with Gasteiger partial charge in [0, 0.05) is 31.4 Å². The van der Waals surface area contributed by atoms with Crippen LogP contribution in [0, 0.1) is 5.92 Å². The number of rotatable bonds is 6. The van der Waals surface area contributed by atoms with Crippen molar-refractivity contribution in [1.82, 2.24) is 15.3 Å². The standard InChI is InChI=1S/C19H29FN6O2/c1-19(2,20)11-24-18(28)12-5-4-8-26(10-12)25-15-13-6-3-7-22-17(13)23-9-14(15)16(21)27/h9,12H,3-8,10-11H2,1-2H3,(H2,21,27)(H,24,28)(H2,22,23,25)/t12-/m1/s1. The summed E-state index contributed by atoms with van der Waals surface area (Å²) >= 11 is 0. The third-order valence-electron chi connectivity index (χ3n) is 5.09. The second-order valence-corrected chi connectivity index (χ2v) is 8.10. The van der Waals surface area contributed by atoms with Crippen molar-refractivity contribution in [2.24, 2.45) is 11.7 Å². The lowest BCUT2D eigenvalue weighted by Gasteiger charge is -2.34. The van der Waals surface area contributed by atoms with Gasteiger partial charge < -0.3 is 21.8 Å². The number of alkyl halides is 1. The van der Waals surface area contributed by atoms with Crippen LogP contribution in [0.2, 0.25) is 0 Å². The number of nitrogens with one attached hydrogen (secondary N) is 3. The van der Waals surface area contributed by atoms with Crippen LogP contribution in [-0.4, -0.2) is 53.7 Å². The van der Waals surface area contributed by atoms with Crippen LogP contribution in [0.5, 0.6) is 0 Å². The number of amides is 2. The van der Waals surface area contributed by atoms with E-state index in [-0.39, 0.29) is 18.4 Å². The number of hydrogen-bond donors (Lipinski definition) is 4. The van der Waals surface area contributed by atoms with Gasteiger partial charge in [0.15, 0.2) is 0 Å². The average Bonchev–Trinajstić information content (AvgIpc) is 2.65. The van der Waals surface area contributed by atoms with E-state index in [2.05, 4.69) is 21.0 Å². The van der Waals surface area contributed by atoms with Crippen molar-refractivity contribution in [2.45, 2.75) is 45.2 Å². The van der Waals surface area contributed by atoms with Gasteiger partial charge in [0.25, 0.3) is 5.91 Å². The molecule has 0 spiro atoms. The number of pyridine rings is 1. The molecule has 154 valence electrons. The maximum Gasteiger partial charge on any atom is 0.252 e. The molecular weight excluding hydrogens is 363 g/mol. The van der Waals surface area contributed by atoms with E-state index in [1.54, 1.807) is 0 Å². The molecule has 0 unspecified atom stereocenters. The molecule has 2 aliphatic rings. The predicted octanol–water partition coefficient (Wildman–Crippen LogP) is 1.44. The van der Waals surface area contributed by atoms with E-state index >= 15 is 0 Å². The molecule has 3 heterocycles. The molecule has 1 aromatic rings. The van der Waals surface area contributed by atoms with Crippen LogP contribution in [0.25, 0.3) is 0 Å². The largest absolute Gasteiger partial charge is 0.370 e. The summed E-state index contributed by atoms with van der Waals surface area (Å²) in [7, 11) is 0. The topological polar surface area (TPSA) is 112 Å². The first-order valence-electron chi connectivity index (χ1n) is 9.78. The van der Waals surface area contributed by atoms with E-state index in [9.17, 15) is 14.0 Å². The van der Waals surface area contributed by atoms with Crippen LogP contribution >= 0.6 is 0 Å². The van der Waals surface area contributed by atoms with Crippen molar-refractivity contribution in [3.63, 3.8) is 0 Å². The van der Waals surface area contributed by atoms with Crippen LogP contribution in [0.1, 0.15) is 49.0 Å². The third kappa shape index (κ3) is 4.89. The van der Waals surface area contributed by atoms with Gasteiger partial charge in [-0.3, -0.25) is 9.59 Å². The predicted molar refractivity (Wildman–Crippen MR) is 106 cm³/mol. The molecule has 28 heavy (non-hydrogen) atoms. The number of carbonyl (C=O) groups is 2. The van der Waals surface area contributed by atoms with Crippen molar-refractivity contribution >= 4 is 23.3 Å². The number of nitrogens with zero attached hydrogens (tertiary/aromatic N) is 2. The molecule has 9 heteroatoms. The van der Waals surface area contributed by atoms with Gasteiger partial charge in [-0.05, 0) is 39.5 Å². The molecule has 1 atom stereocenters. The summed E-state index contributed by atoms with van der Waals surface area (Å²) in [5, 5.41) is 7.87. The van der Waals surface area contributed by atoms with Crippen LogP contribution in [0.4, 0.5) is 15.9 Å². The molecule has 5 N–H and O–H groups in total. The van der Waals surface area contributed by atoms with Crippen LogP contribution in [0.3, 0.4) is 0 Å². The minimum atomic E-state index is -1.44. The van der Waals surface area contributed by atoms with Crippen LogP contribution in [0.15, 0.2) is 6.20 Å². The zero-order valence-corrected chi connectivity index (χ0v) is 16.5. The minimum Gasteiger partial charge on any atom is -0.370 e. The number of carbonyl (C=O) groups excluding carboxylic acids is 2. The summed E-state index contributed by atoms with van der Waals surface area (Å²) in [5.74, 6) is -0.169. The number of halogens is 1. The Morgan fingerprint density at radius 3 is 2.93 bits per heavy atom. The fourth-order valence-electron chi connectivity index (χ4n) is 3.63. The maximum atomic E-state index is 13.7. The highest BCUT2D eigenvalue weighted by Gasteiger charge is 2.29. The molecule has 0 radical (unpaired) electrons. The van der Waals surface area contributed by atoms with Gasteiger partial charge in [0.1, 0.15) is 11.5 Å². The molecule has 0 bridgehead atoms. The highest BCUT2D eigenvalue weighted by atomic mass is 19.1. The number of nitrogens with two attached hydrogens (primary N) is 1.